The highest BCUT2D eigenvalue weighted by molar-refractivity contribution is 6.42. The Bertz CT molecular complexity index is 475. The van der Waals surface area contributed by atoms with Crippen LogP contribution in [0, 0.1) is 0 Å². The average molecular weight is 260 g/mol. The molecule has 2 rings (SSSR count). The number of rotatable bonds is 3. The van der Waals surface area contributed by atoms with E-state index in [1.807, 2.05) is 0 Å². The fourth-order valence-corrected chi connectivity index (χ4v) is 1.64. The van der Waals surface area contributed by atoms with Gasteiger partial charge in [-0.3, -0.25) is 9.59 Å². The van der Waals surface area contributed by atoms with Crippen molar-refractivity contribution in [1.82, 2.24) is 0 Å². The second-order valence-electron chi connectivity index (χ2n) is 3.37. The Morgan fingerprint density at radius 3 is 2.38 bits per heavy atom. The third-order valence-corrected chi connectivity index (χ3v) is 2.97. The van der Waals surface area contributed by atoms with Crippen molar-refractivity contribution in [2.24, 2.45) is 5.73 Å². The summed E-state index contributed by atoms with van der Waals surface area (Å²) in [5.74, 6) is -0.958. The van der Waals surface area contributed by atoms with E-state index in [1.165, 1.54) is 18.2 Å². The van der Waals surface area contributed by atoms with Gasteiger partial charge in [-0.2, -0.15) is 0 Å². The van der Waals surface area contributed by atoms with Crippen LogP contribution in [0.2, 0.25) is 10.0 Å². The molecule has 2 atom stereocenters. The Hall–Kier alpha value is -1.10. The molecule has 0 bridgehead atoms. The van der Waals surface area contributed by atoms with Gasteiger partial charge in [0.15, 0.2) is 18.0 Å². The van der Waals surface area contributed by atoms with Crippen molar-refractivity contribution in [2.45, 2.75) is 12.2 Å². The van der Waals surface area contributed by atoms with E-state index in [0.29, 0.717) is 10.6 Å². The van der Waals surface area contributed by atoms with Gasteiger partial charge in [-0.05, 0) is 18.2 Å². The first kappa shape index (κ1) is 11.4. The Kier molecular flexibility index (Phi) is 2.88. The van der Waals surface area contributed by atoms with Crippen LogP contribution in [0.15, 0.2) is 18.2 Å². The average Bonchev–Trinajstić information content (AvgIpc) is 3.01. The molecule has 0 aromatic heterocycles. The van der Waals surface area contributed by atoms with Crippen LogP contribution in [0.1, 0.15) is 10.4 Å². The van der Waals surface area contributed by atoms with Crippen molar-refractivity contribution in [1.29, 1.82) is 0 Å². The molecule has 1 amide bonds. The molecule has 1 aromatic rings. The number of ketones is 1. The first-order valence-electron chi connectivity index (χ1n) is 4.45. The molecule has 2 N–H and O–H groups in total. The minimum Gasteiger partial charge on any atom is -0.367 e. The molecule has 84 valence electrons. The van der Waals surface area contributed by atoms with E-state index < -0.39 is 18.1 Å². The number of halogens is 2. The normalized spacial score (nSPS) is 22.9. The van der Waals surface area contributed by atoms with E-state index >= 15 is 0 Å². The summed E-state index contributed by atoms with van der Waals surface area (Å²) in [5.41, 5.74) is 5.34. The zero-order valence-corrected chi connectivity index (χ0v) is 9.46. The highest BCUT2D eigenvalue weighted by Crippen LogP contribution is 2.28. The number of hydrogen-bond donors (Lipinski definition) is 1. The fourth-order valence-electron chi connectivity index (χ4n) is 1.34. The van der Waals surface area contributed by atoms with E-state index in [1.54, 1.807) is 0 Å². The molecule has 4 nitrogen and oxygen atoms in total. The third-order valence-electron chi connectivity index (χ3n) is 2.23. The number of carbonyl (C=O) groups is 2. The summed E-state index contributed by atoms with van der Waals surface area (Å²) in [5, 5.41) is 0.644. The van der Waals surface area contributed by atoms with Gasteiger partial charge in [0.1, 0.15) is 0 Å². The lowest BCUT2D eigenvalue weighted by Crippen LogP contribution is -2.23. The second kappa shape index (κ2) is 4.05. The number of nitrogens with two attached hydrogens (primary N) is 1. The molecule has 1 saturated heterocycles. The van der Waals surface area contributed by atoms with Crippen LogP contribution in [0.4, 0.5) is 0 Å². The van der Waals surface area contributed by atoms with Gasteiger partial charge in [0.05, 0.1) is 10.0 Å². The molecule has 1 aliphatic rings. The summed E-state index contributed by atoms with van der Waals surface area (Å²) in [7, 11) is 0. The molecule has 1 aromatic carbocycles. The maximum absolute atomic E-state index is 11.8. The Morgan fingerprint density at radius 2 is 1.88 bits per heavy atom. The van der Waals surface area contributed by atoms with Gasteiger partial charge in [0.2, 0.25) is 5.91 Å². The molecular weight excluding hydrogens is 253 g/mol. The van der Waals surface area contributed by atoms with Crippen molar-refractivity contribution in [3.05, 3.63) is 33.8 Å². The van der Waals surface area contributed by atoms with Gasteiger partial charge < -0.3 is 10.5 Å². The van der Waals surface area contributed by atoms with Gasteiger partial charge >= 0.3 is 0 Å². The molecule has 0 aliphatic carbocycles. The molecule has 0 spiro atoms. The predicted molar refractivity (Wildman–Crippen MR) is 58.6 cm³/mol. The zero-order chi connectivity index (χ0) is 11.9. The van der Waals surface area contributed by atoms with Crippen LogP contribution in [0.3, 0.4) is 0 Å². The molecule has 0 unspecified atom stereocenters. The van der Waals surface area contributed by atoms with Crippen LogP contribution in [-0.2, 0) is 9.53 Å². The monoisotopic (exact) mass is 259 g/mol. The SMILES string of the molecule is NC(=O)[C@H]1O[C@@H]1C(=O)c1ccc(Cl)c(Cl)c1. The van der Waals surface area contributed by atoms with Crippen molar-refractivity contribution in [3.8, 4) is 0 Å². The van der Waals surface area contributed by atoms with Crippen molar-refractivity contribution in [3.63, 3.8) is 0 Å². The third kappa shape index (κ3) is 2.04. The van der Waals surface area contributed by atoms with E-state index in [4.69, 9.17) is 33.7 Å². The lowest BCUT2D eigenvalue weighted by atomic mass is 10.1. The minimum absolute atomic E-state index is 0.281. The summed E-state index contributed by atoms with van der Waals surface area (Å²) >= 11 is 11.5. The summed E-state index contributed by atoms with van der Waals surface area (Å²) in [6, 6.07) is 4.47. The predicted octanol–water partition coefficient (Wildman–Crippen LogP) is 1.43. The van der Waals surface area contributed by atoms with Gasteiger partial charge in [-0.1, -0.05) is 23.2 Å². The summed E-state index contributed by atoms with van der Waals surface area (Å²) < 4.78 is 4.86. The smallest absolute Gasteiger partial charge is 0.249 e. The van der Waals surface area contributed by atoms with E-state index in [-0.39, 0.29) is 10.8 Å². The lowest BCUT2D eigenvalue weighted by molar-refractivity contribution is -0.119. The van der Waals surface area contributed by atoms with Crippen LogP contribution in [0.5, 0.6) is 0 Å². The number of ether oxygens (including phenoxy) is 1. The van der Waals surface area contributed by atoms with E-state index in [9.17, 15) is 9.59 Å². The Morgan fingerprint density at radius 1 is 1.19 bits per heavy atom. The van der Waals surface area contributed by atoms with Gasteiger partial charge in [-0.25, -0.2) is 0 Å². The molecular formula is C10H7Cl2NO3. The molecule has 0 radical (unpaired) electrons. The number of amides is 1. The molecule has 16 heavy (non-hydrogen) atoms. The number of benzene rings is 1. The summed E-state index contributed by atoms with van der Waals surface area (Å²) in [4.78, 5) is 22.5. The number of epoxide rings is 1. The molecule has 1 aliphatic heterocycles. The zero-order valence-electron chi connectivity index (χ0n) is 7.94. The highest BCUT2D eigenvalue weighted by Gasteiger charge is 2.49. The lowest BCUT2D eigenvalue weighted by Gasteiger charge is -1.99. The Labute approximate surface area is 101 Å². The molecule has 1 fully saturated rings. The minimum atomic E-state index is -0.818. The van der Waals surface area contributed by atoms with E-state index in [0.717, 1.165) is 0 Å². The number of primary amides is 1. The molecule has 0 saturated carbocycles. The first-order chi connectivity index (χ1) is 7.50. The van der Waals surface area contributed by atoms with Crippen LogP contribution in [-0.4, -0.2) is 23.9 Å². The maximum Gasteiger partial charge on any atom is 0.249 e. The maximum atomic E-state index is 11.8. The fraction of sp³-hybridized carbons (Fsp3) is 0.200. The van der Waals surface area contributed by atoms with Crippen LogP contribution in [0.25, 0.3) is 0 Å². The molecule has 1 heterocycles. The van der Waals surface area contributed by atoms with Crippen molar-refractivity contribution < 1.29 is 14.3 Å². The van der Waals surface area contributed by atoms with E-state index in [2.05, 4.69) is 0 Å². The quantitative estimate of drug-likeness (QED) is 0.660. The van der Waals surface area contributed by atoms with Crippen LogP contribution >= 0.6 is 23.2 Å². The van der Waals surface area contributed by atoms with Crippen molar-refractivity contribution >= 4 is 34.9 Å². The van der Waals surface area contributed by atoms with Gasteiger partial charge in [0.25, 0.3) is 0 Å². The summed E-state index contributed by atoms with van der Waals surface area (Å²) in [6.07, 6.45) is -1.60. The van der Waals surface area contributed by atoms with Gasteiger partial charge in [0, 0.05) is 5.56 Å². The second-order valence-corrected chi connectivity index (χ2v) is 4.19. The van der Waals surface area contributed by atoms with Crippen molar-refractivity contribution in [2.75, 3.05) is 0 Å². The topological polar surface area (TPSA) is 72.7 Å². The Balaban J connectivity index is 2.17. The first-order valence-corrected chi connectivity index (χ1v) is 5.20. The standard InChI is InChI=1S/C10H7Cl2NO3/c11-5-2-1-4(3-6(5)12)7(14)8-9(16-8)10(13)15/h1-3,8-9H,(H2,13,15)/t8-,9+/m1/s1. The van der Waals surface area contributed by atoms with Crippen LogP contribution < -0.4 is 5.73 Å². The largest absolute Gasteiger partial charge is 0.367 e. The number of carbonyl (C=O) groups excluding carboxylic acids is 2. The highest BCUT2D eigenvalue weighted by atomic mass is 35.5. The van der Waals surface area contributed by atoms with Gasteiger partial charge in [-0.15, -0.1) is 0 Å². The summed E-state index contributed by atoms with van der Waals surface area (Å²) in [6.45, 7) is 0. The number of hydrogen-bond acceptors (Lipinski definition) is 3. The molecule has 6 heteroatoms. The number of Topliss-reactive ketones (excluding diaryl/α,β-unsaturated/α-hetero) is 1.